The fourth-order valence-corrected chi connectivity index (χ4v) is 4.63. The molecule has 1 saturated heterocycles. The Kier molecular flexibility index (Phi) is 4.30. The second kappa shape index (κ2) is 6.99. The smallest absolute Gasteiger partial charge is 0.263 e. The maximum atomic E-state index is 13.3. The number of nitrogens with one attached hydrogen (secondary N) is 1. The molecule has 5 rings (SSSR count). The lowest BCUT2D eigenvalue weighted by atomic mass is 10.1. The van der Waals surface area contributed by atoms with Crippen molar-refractivity contribution in [1.29, 1.82) is 0 Å². The summed E-state index contributed by atoms with van der Waals surface area (Å²) < 4.78 is 2.22. The molecule has 1 aliphatic heterocycles. The maximum absolute atomic E-state index is 13.3. The van der Waals surface area contributed by atoms with Crippen LogP contribution >= 0.6 is 24.0 Å². The highest BCUT2D eigenvalue weighted by atomic mass is 32.2. The van der Waals surface area contributed by atoms with E-state index in [9.17, 15) is 9.59 Å². The van der Waals surface area contributed by atoms with Gasteiger partial charge in [0, 0.05) is 16.3 Å². The van der Waals surface area contributed by atoms with Crippen molar-refractivity contribution in [2.75, 3.05) is 0 Å². The average Bonchev–Trinajstić information content (AvgIpc) is 3.24. The summed E-state index contributed by atoms with van der Waals surface area (Å²) in [5.41, 5.74) is 3.21. The monoisotopic (exact) mass is 414 g/mol. The van der Waals surface area contributed by atoms with Gasteiger partial charge in [0.2, 0.25) is 0 Å². The molecule has 0 bridgehead atoms. The number of thioether (sulfide) groups is 1. The van der Waals surface area contributed by atoms with Crippen LogP contribution in [0.2, 0.25) is 0 Å². The van der Waals surface area contributed by atoms with Crippen LogP contribution in [0, 0.1) is 0 Å². The second-order valence-corrected chi connectivity index (χ2v) is 8.37. The number of hydrogen-bond acceptors (Lipinski definition) is 4. The SMILES string of the molecule is O=C1NC(=S)S/C1=C/c1ccc2c(c1)c1ccccc1n2C(=O)c1ccccc1. The highest BCUT2D eigenvalue weighted by molar-refractivity contribution is 8.26. The van der Waals surface area contributed by atoms with Gasteiger partial charge < -0.3 is 5.32 Å². The molecular weight excluding hydrogens is 400 g/mol. The van der Waals surface area contributed by atoms with Gasteiger partial charge in [0.15, 0.2) is 0 Å². The van der Waals surface area contributed by atoms with Crippen LogP contribution in [0.1, 0.15) is 15.9 Å². The average molecular weight is 415 g/mol. The standard InChI is InChI=1S/C23H14N2O2S2/c26-21-20(29-23(28)24-21)13-14-10-11-19-17(12-14)16-8-4-5-9-18(16)25(19)22(27)15-6-2-1-3-7-15/h1-13H,(H,24,26,28)/b20-13+. The minimum Gasteiger partial charge on any atom is -0.307 e. The Morgan fingerprint density at radius 2 is 1.66 bits per heavy atom. The molecule has 0 aliphatic carbocycles. The van der Waals surface area contributed by atoms with Crippen molar-refractivity contribution in [3.63, 3.8) is 0 Å². The zero-order valence-corrected chi connectivity index (χ0v) is 16.7. The largest absolute Gasteiger partial charge is 0.307 e. The summed E-state index contributed by atoms with van der Waals surface area (Å²) in [6.07, 6.45) is 1.82. The molecule has 1 fully saturated rings. The van der Waals surface area contributed by atoms with Crippen LogP contribution in [-0.2, 0) is 4.79 Å². The molecule has 1 aromatic heterocycles. The Labute approximate surface area is 176 Å². The zero-order valence-electron chi connectivity index (χ0n) is 15.1. The third kappa shape index (κ3) is 3.06. The number of hydrogen-bond donors (Lipinski definition) is 1. The van der Waals surface area contributed by atoms with Crippen molar-refractivity contribution >= 4 is 68.0 Å². The Balaban J connectivity index is 1.71. The molecule has 1 aliphatic rings. The molecule has 3 aromatic carbocycles. The van der Waals surface area contributed by atoms with Gasteiger partial charge in [-0.15, -0.1) is 0 Å². The predicted octanol–water partition coefficient (Wildman–Crippen LogP) is 4.97. The number of benzene rings is 3. The molecule has 1 N–H and O–H groups in total. The third-order valence-corrected chi connectivity index (χ3v) is 6.02. The first-order chi connectivity index (χ1) is 14.1. The van der Waals surface area contributed by atoms with E-state index in [1.165, 1.54) is 11.8 Å². The second-order valence-electron chi connectivity index (χ2n) is 6.65. The van der Waals surface area contributed by atoms with E-state index in [1.54, 1.807) is 4.57 Å². The summed E-state index contributed by atoms with van der Waals surface area (Å²) in [5.74, 6) is -0.249. The molecule has 140 valence electrons. The van der Waals surface area contributed by atoms with E-state index in [-0.39, 0.29) is 11.8 Å². The molecule has 1 amide bonds. The molecule has 4 nitrogen and oxygen atoms in total. The van der Waals surface area contributed by atoms with Crippen molar-refractivity contribution in [2.45, 2.75) is 0 Å². The summed E-state index contributed by atoms with van der Waals surface area (Å²) >= 11 is 6.31. The third-order valence-electron chi connectivity index (χ3n) is 4.86. The minimum absolute atomic E-state index is 0.0704. The molecule has 0 spiro atoms. The molecule has 0 atom stereocenters. The van der Waals surface area contributed by atoms with Crippen molar-refractivity contribution in [3.05, 3.63) is 88.8 Å². The number of aromatic nitrogens is 1. The number of thiocarbonyl (C=S) groups is 1. The summed E-state index contributed by atoms with van der Waals surface area (Å²) in [6.45, 7) is 0. The summed E-state index contributed by atoms with van der Waals surface area (Å²) in [4.78, 5) is 25.8. The van der Waals surface area contributed by atoms with Gasteiger partial charge in [-0.2, -0.15) is 0 Å². The number of rotatable bonds is 2. The lowest BCUT2D eigenvalue weighted by Gasteiger charge is -2.06. The van der Waals surface area contributed by atoms with Gasteiger partial charge in [-0.1, -0.05) is 66.4 Å². The van der Waals surface area contributed by atoms with Gasteiger partial charge in [-0.05, 0) is 42.0 Å². The predicted molar refractivity (Wildman–Crippen MR) is 122 cm³/mol. The molecule has 0 saturated carbocycles. The van der Waals surface area contributed by atoms with Crippen LogP contribution in [0.25, 0.3) is 27.9 Å². The van der Waals surface area contributed by atoms with Gasteiger partial charge in [-0.25, -0.2) is 0 Å². The van der Waals surface area contributed by atoms with E-state index in [4.69, 9.17) is 12.2 Å². The first-order valence-corrected chi connectivity index (χ1v) is 10.2. The normalized spacial score (nSPS) is 15.4. The Bertz CT molecular complexity index is 1350. The van der Waals surface area contributed by atoms with Gasteiger partial charge >= 0.3 is 0 Å². The van der Waals surface area contributed by atoms with Gasteiger partial charge in [-0.3, -0.25) is 14.2 Å². The molecule has 4 aromatic rings. The number of nitrogens with zero attached hydrogens (tertiary/aromatic N) is 1. The Hall–Kier alpha value is -3.22. The van der Waals surface area contributed by atoms with Gasteiger partial charge in [0.25, 0.3) is 11.8 Å². The van der Waals surface area contributed by atoms with Crippen molar-refractivity contribution in [1.82, 2.24) is 9.88 Å². The van der Waals surface area contributed by atoms with E-state index in [2.05, 4.69) is 5.32 Å². The topological polar surface area (TPSA) is 51.1 Å². The minimum atomic E-state index is -0.179. The van der Waals surface area contributed by atoms with E-state index >= 15 is 0 Å². The molecule has 0 unspecified atom stereocenters. The first kappa shape index (κ1) is 17.8. The number of carbonyl (C=O) groups is 2. The number of amides is 1. The van der Waals surface area contributed by atoms with E-state index in [0.717, 1.165) is 27.4 Å². The fraction of sp³-hybridized carbons (Fsp3) is 0. The van der Waals surface area contributed by atoms with Gasteiger partial charge in [0.1, 0.15) is 4.32 Å². The number of para-hydroxylation sites is 1. The lowest BCUT2D eigenvalue weighted by molar-refractivity contribution is -0.115. The Morgan fingerprint density at radius 3 is 2.41 bits per heavy atom. The van der Waals surface area contributed by atoms with Crippen LogP contribution < -0.4 is 5.32 Å². The fourth-order valence-electron chi connectivity index (χ4n) is 3.58. The molecule has 29 heavy (non-hydrogen) atoms. The maximum Gasteiger partial charge on any atom is 0.263 e. The number of fused-ring (bicyclic) bond motifs is 3. The molecule has 0 radical (unpaired) electrons. The van der Waals surface area contributed by atoms with Crippen molar-refractivity contribution in [3.8, 4) is 0 Å². The van der Waals surface area contributed by atoms with Crippen LogP contribution in [0.4, 0.5) is 0 Å². The highest BCUT2D eigenvalue weighted by Crippen LogP contribution is 2.32. The Morgan fingerprint density at radius 1 is 0.931 bits per heavy atom. The summed E-state index contributed by atoms with van der Waals surface area (Å²) in [7, 11) is 0. The molecule has 6 heteroatoms. The molecule has 2 heterocycles. The van der Waals surface area contributed by atoms with Crippen LogP contribution in [0.5, 0.6) is 0 Å². The molecular formula is C23H14N2O2S2. The van der Waals surface area contributed by atoms with E-state index in [0.29, 0.717) is 14.8 Å². The van der Waals surface area contributed by atoms with Crippen LogP contribution in [0.15, 0.2) is 77.7 Å². The van der Waals surface area contributed by atoms with E-state index < -0.39 is 0 Å². The van der Waals surface area contributed by atoms with Gasteiger partial charge in [0.05, 0.1) is 15.9 Å². The zero-order chi connectivity index (χ0) is 20.0. The number of carbonyl (C=O) groups excluding carboxylic acids is 2. The van der Waals surface area contributed by atoms with Crippen LogP contribution in [0.3, 0.4) is 0 Å². The van der Waals surface area contributed by atoms with E-state index in [1.807, 2.05) is 78.9 Å². The quantitative estimate of drug-likeness (QED) is 0.372. The summed E-state index contributed by atoms with van der Waals surface area (Å²) in [6, 6.07) is 23.0. The van der Waals surface area contributed by atoms with Crippen molar-refractivity contribution in [2.24, 2.45) is 0 Å². The first-order valence-electron chi connectivity index (χ1n) is 8.99. The summed E-state index contributed by atoms with van der Waals surface area (Å²) in [5, 5.41) is 4.58. The highest BCUT2D eigenvalue weighted by Gasteiger charge is 2.22. The van der Waals surface area contributed by atoms with Crippen molar-refractivity contribution < 1.29 is 9.59 Å². The van der Waals surface area contributed by atoms with Crippen LogP contribution in [-0.4, -0.2) is 20.7 Å². The lowest BCUT2D eigenvalue weighted by Crippen LogP contribution is -2.17.